The lowest BCUT2D eigenvalue weighted by Gasteiger charge is -2.04. The molecule has 0 aliphatic carbocycles. The number of hydrogen-bond donors (Lipinski definition) is 0. The van der Waals surface area contributed by atoms with Crippen molar-refractivity contribution in [2.45, 2.75) is 13.8 Å². The minimum absolute atomic E-state index is 0.605. The molecule has 0 saturated carbocycles. The Balaban J connectivity index is 2.11. The van der Waals surface area contributed by atoms with Gasteiger partial charge in [-0.1, -0.05) is 18.2 Å². The third kappa shape index (κ3) is 3.77. The molecular weight excluding hydrogens is 336 g/mol. The predicted molar refractivity (Wildman–Crippen MR) is 103 cm³/mol. The van der Waals surface area contributed by atoms with Gasteiger partial charge in [-0.3, -0.25) is 9.98 Å². The van der Waals surface area contributed by atoms with Crippen LogP contribution in [-0.4, -0.2) is 21.9 Å². The molecule has 0 aliphatic rings. The Kier molecular flexibility index (Phi) is 5.17. The Labute approximate surface area is 149 Å². The van der Waals surface area contributed by atoms with E-state index in [-0.39, 0.29) is 0 Å². The molecule has 0 spiro atoms. The summed E-state index contributed by atoms with van der Waals surface area (Å²) in [5, 5.41) is 9.00. The topological polar surface area (TPSA) is 42.5 Å². The maximum absolute atomic E-state index is 4.82. The molecule has 0 unspecified atom stereocenters. The van der Waals surface area contributed by atoms with Crippen LogP contribution in [0.2, 0.25) is 0 Å². The Morgan fingerprint density at radius 2 is 2.00 bits per heavy atom. The van der Waals surface area contributed by atoms with Gasteiger partial charge < -0.3 is 0 Å². The number of thiazole rings is 1. The smallest absolute Gasteiger partial charge is 0.206 e. The molecule has 0 N–H and O–H groups in total. The minimum Gasteiger partial charge on any atom is -0.265 e. The van der Waals surface area contributed by atoms with Gasteiger partial charge in [0.15, 0.2) is 0 Å². The van der Waals surface area contributed by atoms with E-state index in [1.54, 1.807) is 35.1 Å². The van der Waals surface area contributed by atoms with Crippen LogP contribution in [0.1, 0.15) is 19.4 Å². The fraction of sp³-hybridized carbons (Fsp3) is 0.167. The van der Waals surface area contributed by atoms with E-state index in [1.165, 1.54) is 4.88 Å². The van der Waals surface area contributed by atoms with Crippen LogP contribution in [0, 0.1) is 0 Å². The van der Waals surface area contributed by atoms with Crippen LogP contribution in [0.5, 0.6) is 0 Å². The van der Waals surface area contributed by atoms with Gasteiger partial charge in [0.05, 0.1) is 22.8 Å². The van der Waals surface area contributed by atoms with Gasteiger partial charge in [0.1, 0.15) is 0 Å². The lowest BCUT2D eigenvalue weighted by molar-refractivity contribution is 0.832. The van der Waals surface area contributed by atoms with Crippen molar-refractivity contribution in [2.24, 2.45) is 10.1 Å². The quantitative estimate of drug-likeness (QED) is 0.494. The van der Waals surface area contributed by atoms with E-state index in [0.29, 0.717) is 6.54 Å². The van der Waals surface area contributed by atoms with Crippen LogP contribution >= 0.6 is 22.7 Å². The van der Waals surface area contributed by atoms with E-state index in [9.17, 15) is 0 Å². The highest BCUT2D eigenvalue weighted by molar-refractivity contribution is 7.14. The second kappa shape index (κ2) is 7.51. The second-order valence-electron chi connectivity index (χ2n) is 5.39. The van der Waals surface area contributed by atoms with Crippen molar-refractivity contribution in [2.75, 3.05) is 6.54 Å². The molecular formula is C18H18N4S2. The zero-order valence-electron chi connectivity index (χ0n) is 13.6. The first-order valence-corrected chi connectivity index (χ1v) is 9.26. The van der Waals surface area contributed by atoms with Gasteiger partial charge in [-0.05, 0) is 37.4 Å². The number of thiophene rings is 1. The molecule has 3 aromatic heterocycles. The van der Waals surface area contributed by atoms with Crippen molar-refractivity contribution in [1.29, 1.82) is 0 Å². The predicted octanol–water partition coefficient (Wildman–Crippen LogP) is 4.42. The number of rotatable bonds is 5. The van der Waals surface area contributed by atoms with Crippen molar-refractivity contribution >= 4 is 28.4 Å². The van der Waals surface area contributed by atoms with Crippen LogP contribution in [0.15, 0.2) is 69.7 Å². The molecule has 0 aromatic carbocycles. The zero-order valence-corrected chi connectivity index (χ0v) is 15.3. The molecule has 4 nitrogen and oxygen atoms in total. The standard InChI is InChI=1S/C18H18N4S2/c1-13(2)11-20-18-22(16(12-24-18)17-5-4-10-23-17)21-14(3)15-6-8-19-9-7-15/h4-10,12H,1,11H2,2-3H3. The van der Waals surface area contributed by atoms with Crippen LogP contribution in [0.3, 0.4) is 0 Å². The van der Waals surface area contributed by atoms with Gasteiger partial charge in [0.2, 0.25) is 4.80 Å². The highest BCUT2D eigenvalue weighted by Crippen LogP contribution is 2.25. The fourth-order valence-electron chi connectivity index (χ4n) is 2.10. The molecule has 3 rings (SSSR count). The third-order valence-electron chi connectivity index (χ3n) is 3.29. The molecule has 0 aliphatic heterocycles. The van der Waals surface area contributed by atoms with Gasteiger partial charge in [-0.15, -0.1) is 22.7 Å². The molecule has 24 heavy (non-hydrogen) atoms. The molecule has 0 radical (unpaired) electrons. The molecule has 0 fully saturated rings. The van der Waals surface area contributed by atoms with Gasteiger partial charge in [0, 0.05) is 23.3 Å². The molecule has 3 heterocycles. The summed E-state index contributed by atoms with van der Waals surface area (Å²) in [4.78, 5) is 10.8. The molecule has 0 bridgehead atoms. The van der Waals surface area contributed by atoms with Gasteiger partial charge in [0.25, 0.3) is 0 Å². The monoisotopic (exact) mass is 354 g/mol. The van der Waals surface area contributed by atoms with E-state index in [0.717, 1.165) is 27.3 Å². The fourth-order valence-corrected chi connectivity index (χ4v) is 3.73. The average Bonchev–Trinajstić information content (AvgIpc) is 3.23. The Bertz CT molecular complexity index is 916. The molecule has 0 saturated heterocycles. The second-order valence-corrected chi connectivity index (χ2v) is 7.17. The lowest BCUT2D eigenvalue weighted by Crippen LogP contribution is -2.14. The SMILES string of the molecule is C=C(C)CN=c1scc(-c2cccs2)n1N=C(C)c1ccncc1. The number of nitrogens with zero attached hydrogens (tertiary/aromatic N) is 4. The molecule has 6 heteroatoms. The van der Waals surface area contributed by atoms with Crippen molar-refractivity contribution < 1.29 is 0 Å². The summed E-state index contributed by atoms with van der Waals surface area (Å²) in [7, 11) is 0. The first-order valence-electron chi connectivity index (χ1n) is 7.50. The highest BCUT2D eigenvalue weighted by Gasteiger charge is 2.09. The van der Waals surface area contributed by atoms with E-state index >= 15 is 0 Å². The van der Waals surface area contributed by atoms with E-state index in [2.05, 4.69) is 33.4 Å². The summed E-state index contributed by atoms with van der Waals surface area (Å²) in [5.74, 6) is 0. The minimum atomic E-state index is 0.605. The Morgan fingerprint density at radius 3 is 2.67 bits per heavy atom. The van der Waals surface area contributed by atoms with Crippen LogP contribution in [0.4, 0.5) is 0 Å². The van der Waals surface area contributed by atoms with Crippen molar-refractivity contribution in [3.63, 3.8) is 0 Å². The maximum atomic E-state index is 4.82. The summed E-state index contributed by atoms with van der Waals surface area (Å²) in [6, 6.07) is 8.07. The first kappa shape index (κ1) is 16.5. The Morgan fingerprint density at radius 1 is 1.21 bits per heavy atom. The van der Waals surface area contributed by atoms with Crippen molar-refractivity contribution in [3.8, 4) is 10.6 Å². The Hall–Kier alpha value is -2.31. The van der Waals surface area contributed by atoms with E-state index < -0.39 is 0 Å². The van der Waals surface area contributed by atoms with Gasteiger partial charge in [-0.25, -0.2) is 4.68 Å². The highest BCUT2D eigenvalue weighted by atomic mass is 32.1. The first-order chi connectivity index (χ1) is 11.6. The lowest BCUT2D eigenvalue weighted by atomic mass is 10.2. The van der Waals surface area contributed by atoms with Crippen LogP contribution < -0.4 is 4.80 Å². The van der Waals surface area contributed by atoms with Crippen LogP contribution in [-0.2, 0) is 0 Å². The molecule has 0 atom stereocenters. The van der Waals surface area contributed by atoms with E-state index in [1.807, 2.05) is 36.7 Å². The molecule has 122 valence electrons. The third-order valence-corrected chi connectivity index (χ3v) is 5.04. The molecule has 0 amide bonds. The number of aromatic nitrogens is 2. The summed E-state index contributed by atoms with van der Waals surface area (Å²) in [6.45, 7) is 8.51. The van der Waals surface area contributed by atoms with E-state index in [4.69, 9.17) is 5.10 Å². The van der Waals surface area contributed by atoms with Gasteiger partial charge >= 0.3 is 0 Å². The van der Waals surface area contributed by atoms with Gasteiger partial charge in [-0.2, -0.15) is 5.10 Å². The zero-order chi connectivity index (χ0) is 16.9. The number of hydrogen-bond acceptors (Lipinski definition) is 5. The van der Waals surface area contributed by atoms with Crippen molar-refractivity contribution in [3.05, 3.63) is 69.9 Å². The van der Waals surface area contributed by atoms with Crippen molar-refractivity contribution in [1.82, 2.24) is 9.66 Å². The maximum Gasteiger partial charge on any atom is 0.206 e. The normalized spacial score (nSPS) is 12.6. The summed E-state index contributed by atoms with van der Waals surface area (Å²) >= 11 is 3.29. The summed E-state index contributed by atoms with van der Waals surface area (Å²) in [6.07, 6.45) is 3.55. The average molecular weight is 355 g/mol. The summed E-state index contributed by atoms with van der Waals surface area (Å²) < 4.78 is 1.93. The summed E-state index contributed by atoms with van der Waals surface area (Å²) in [5.41, 5.74) is 4.06. The largest absolute Gasteiger partial charge is 0.265 e. The molecule has 3 aromatic rings. The van der Waals surface area contributed by atoms with Crippen LogP contribution in [0.25, 0.3) is 10.6 Å². The number of pyridine rings is 1.